The van der Waals surface area contributed by atoms with E-state index in [1.807, 2.05) is 45.9 Å². The molecule has 3 aromatic heterocycles. The van der Waals surface area contributed by atoms with Crippen LogP contribution in [0, 0.1) is 21.3 Å². The van der Waals surface area contributed by atoms with Crippen LogP contribution in [-0.2, 0) is 70.6 Å². The first-order valence-electron chi connectivity index (χ1n) is 13.6. The molecule has 5 rings (SSSR count). The van der Waals surface area contributed by atoms with E-state index in [4.69, 9.17) is 24.7 Å². The van der Waals surface area contributed by atoms with Gasteiger partial charge in [-0.25, -0.2) is 15.2 Å². The largest absolute Gasteiger partial charge is 0.657 e. The zero-order valence-corrected chi connectivity index (χ0v) is 30.3. The van der Waals surface area contributed by atoms with Crippen LogP contribution >= 0.6 is 0 Å². The van der Waals surface area contributed by atoms with E-state index < -0.39 is 0 Å². The fourth-order valence-corrected chi connectivity index (χ4v) is 5.21. The van der Waals surface area contributed by atoms with Crippen LogP contribution in [-0.4, -0.2) is 21.2 Å². The van der Waals surface area contributed by atoms with Gasteiger partial charge in [0.2, 0.25) is 0 Å². The molecule has 0 saturated carbocycles. The number of ether oxygens (including phenoxy) is 1. The topological polar surface area (TPSA) is 110 Å². The number of carbonyl (C=O) groups is 1. The van der Waals surface area contributed by atoms with Gasteiger partial charge in [-0.1, -0.05) is 73.7 Å². The second kappa shape index (κ2) is 15.3. The van der Waals surface area contributed by atoms with Gasteiger partial charge in [-0.2, -0.15) is 0 Å². The van der Waals surface area contributed by atoms with Crippen LogP contribution in [0.5, 0.6) is 0 Å². The number of nitrogens with zero attached hydrogens (tertiary/aromatic N) is 4. The van der Waals surface area contributed by atoms with Gasteiger partial charge in [0.1, 0.15) is 11.5 Å². The van der Waals surface area contributed by atoms with Crippen molar-refractivity contribution in [2.75, 3.05) is 0 Å². The van der Waals surface area contributed by atoms with Crippen molar-refractivity contribution in [3.63, 3.8) is 0 Å². The molecule has 2 aliphatic rings. The molecule has 0 fully saturated rings. The predicted octanol–water partition coefficient (Wildman–Crippen LogP) is 7.78. The Bertz CT molecular complexity index is 1930. The Morgan fingerprint density at radius 3 is 2.04 bits per heavy atom. The van der Waals surface area contributed by atoms with Gasteiger partial charge in [0, 0.05) is 73.8 Å². The maximum atomic E-state index is 12.4. The van der Waals surface area contributed by atoms with Gasteiger partial charge < -0.3 is 27.0 Å². The van der Waals surface area contributed by atoms with Gasteiger partial charge in [-0.3, -0.25) is 4.79 Å². The number of esters is 1. The number of allylic oxidation sites excluding steroid dienone is 5. The molecule has 2 aliphatic heterocycles. The van der Waals surface area contributed by atoms with E-state index in [2.05, 4.69) is 24.6 Å². The van der Waals surface area contributed by atoms with Crippen molar-refractivity contribution < 1.29 is 69.5 Å². The van der Waals surface area contributed by atoms with E-state index in [0.29, 0.717) is 39.3 Å². The third-order valence-electron chi connectivity index (χ3n) is 7.71. The van der Waals surface area contributed by atoms with Gasteiger partial charge in [0.05, 0.1) is 17.1 Å². The number of fused-ring (bicyclic) bond motifs is 8. The van der Waals surface area contributed by atoms with Gasteiger partial charge in [0.15, 0.2) is 5.76 Å². The van der Waals surface area contributed by atoms with E-state index >= 15 is 0 Å². The maximum absolute atomic E-state index is 12.4. The quantitative estimate of drug-likeness (QED) is 0.0659. The fourth-order valence-electron chi connectivity index (χ4n) is 5.21. The van der Waals surface area contributed by atoms with Crippen molar-refractivity contribution in [2.24, 2.45) is 0 Å². The summed E-state index contributed by atoms with van der Waals surface area (Å²) in [6.45, 7) is 21.4. The van der Waals surface area contributed by atoms with Crippen LogP contribution < -0.4 is 9.97 Å². The van der Waals surface area contributed by atoms with Gasteiger partial charge in [-0.05, 0) is 44.9 Å². The molecule has 10 heteroatoms. The minimum atomic E-state index is -0.367. The first-order valence-corrected chi connectivity index (χ1v) is 13.6. The van der Waals surface area contributed by atoms with E-state index in [0.717, 1.165) is 50.3 Å². The molecule has 0 aliphatic carbocycles. The van der Waals surface area contributed by atoms with Crippen molar-refractivity contribution in [1.29, 1.82) is 0 Å². The normalized spacial score (nSPS) is 12.0. The van der Waals surface area contributed by atoms with Crippen molar-refractivity contribution in [3.05, 3.63) is 108 Å². The zero-order chi connectivity index (χ0) is 30.3. The summed E-state index contributed by atoms with van der Waals surface area (Å²) in [5.41, 5.74) is 11.3. The Labute approximate surface area is 299 Å². The second-order valence-corrected chi connectivity index (χ2v) is 10.3. The molecule has 1 radical (unpaired) electrons. The molecule has 3 aromatic rings. The van der Waals surface area contributed by atoms with Crippen molar-refractivity contribution >= 4 is 56.6 Å². The molecule has 233 valence electrons. The van der Waals surface area contributed by atoms with E-state index in [1.54, 1.807) is 25.1 Å². The Morgan fingerprint density at radius 2 is 1.42 bits per heavy atom. The molecule has 8 nitrogen and oxygen atoms in total. The minimum Gasteiger partial charge on any atom is -0.657 e. The summed E-state index contributed by atoms with van der Waals surface area (Å²) in [7, 11) is 0. The summed E-state index contributed by atoms with van der Waals surface area (Å²) in [5.74, 6) is 0.181. The van der Waals surface area contributed by atoms with Crippen LogP contribution in [0.25, 0.3) is 50.6 Å². The number of hydrogen-bond acceptors (Lipinski definition) is 6. The number of carbonyl (C=O) groups excluding carboxylic acids is 1. The Hall–Kier alpha value is -3.33. The molecule has 0 amide bonds. The molecule has 0 saturated heterocycles. The molecule has 1 N–H and O–H groups in total. The number of aromatic nitrogens is 4. The SMILES string of the molecule is C=CC1=C(C)c2cc3[n-]c(cc4nc(cc5[n-]c(cc1n2)c(C)c5C=C)C(C)=C4OC(=O)CC)c(C)c3CC(=C)OO.[CH3-].[Fe].[Y]. The van der Waals surface area contributed by atoms with Crippen LogP contribution in [0.3, 0.4) is 0 Å². The zero-order valence-electron chi connectivity index (χ0n) is 26.4. The molecule has 45 heavy (non-hydrogen) atoms. The Morgan fingerprint density at radius 1 is 0.867 bits per heavy atom. The van der Waals surface area contributed by atoms with Crippen molar-refractivity contribution in [1.82, 2.24) is 19.9 Å². The summed E-state index contributed by atoms with van der Waals surface area (Å²) in [6.07, 6.45) is 4.02. The van der Waals surface area contributed by atoms with Crippen LogP contribution in [0.15, 0.2) is 55.8 Å². The number of rotatable bonds is 7. The smallest absolute Gasteiger partial charge is 0.310 e. The van der Waals surface area contributed by atoms with Gasteiger partial charge in [0.25, 0.3) is 0 Å². The molecule has 8 bridgehead atoms. The van der Waals surface area contributed by atoms with Crippen LogP contribution in [0.4, 0.5) is 0 Å². The number of hydrogen-bond donors (Lipinski definition) is 1. The minimum absolute atomic E-state index is 0. The maximum Gasteiger partial charge on any atom is 0.310 e. The molecule has 5 heterocycles. The van der Waals surface area contributed by atoms with E-state index in [1.165, 1.54) is 0 Å². The second-order valence-electron chi connectivity index (χ2n) is 10.3. The number of aryl methyl sites for hydroxylation is 2. The fraction of sp³-hybridized carbons (Fsp3) is 0.200. The Kier molecular flexibility index (Phi) is 12.9. The van der Waals surface area contributed by atoms with E-state index in [9.17, 15) is 10.1 Å². The molecular weight excluding hydrogens is 685 g/mol. The molecular formula is C35H35FeN4O4Y-3. The van der Waals surface area contributed by atoms with Crippen molar-refractivity contribution in [2.45, 2.75) is 47.5 Å². The van der Waals surface area contributed by atoms with E-state index in [-0.39, 0.29) is 81.8 Å². The first kappa shape index (κ1) is 37.9. The third kappa shape index (κ3) is 7.08. The monoisotopic (exact) mass is 720 g/mol. The van der Waals surface area contributed by atoms with Gasteiger partial charge >= 0.3 is 5.97 Å². The van der Waals surface area contributed by atoms with Crippen molar-refractivity contribution in [3.8, 4) is 0 Å². The summed E-state index contributed by atoms with van der Waals surface area (Å²) in [4.78, 5) is 36.5. The molecule has 0 atom stereocenters. The summed E-state index contributed by atoms with van der Waals surface area (Å²) in [5, 5.41) is 9.25. The van der Waals surface area contributed by atoms with Crippen LogP contribution in [0.1, 0.15) is 72.2 Å². The molecule has 0 unspecified atom stereocenters. The summed E-state index contributed by atoms with van der Waals surface area (Å²) < 4.78 is 5.78. The average molecular weight is 720 g/mol. The predicted molar refractivity (Wildman–Crippen MR) is 173 cm³/mol. The summed E-state index contributed by atoms with van der Waals surface area (Å²) >= 11 is 0. The first-order chi connectivity index (χ1) is 20.1. The Balaban J connectivity index is 0.00000235. The third-order valence-corrected chi connectivity index (χ3v) is 7.71. The van der Waals surface area contributed by atoms with Crippen LogP contribution in [0.2, 0.25) is 0 Å². The van der Waals surface area contributed by atoms with Gasteiger partial charge in [-0.15, -0.1) is 22.1 Å². The molecule has 0 aromatic carbocycles. The standard InChI is InChI=1S/C34H32N4O4.CH3.Fe.Y/c1-9-22-19(6)26-14-31-24(12-17(4)42-40)20(7)27(37-31)16-32-34(41-33(39)11-3)21(8)28(38-32)15-30-23(10-2)18(5)25(35-30)13-29(22)36-26;;;/h9-10,13-16H,1-2,4,11-12H2,3,5-8H3,(H-2,35,36,37,38,40);1H3;;/q-2;-1;;. The molecule has 0 spiro atoms. The average Bonchev–Trinajstić information content (AvgIpc) is 3.63. The summed E-state index contributed by atoms with van der Waals surface area (Å²) in [6, 6.07) is 7.54.